The molecule has 0 aliphatic rings. The van der Waals surface area contributed by atoms with Crippen molar-refractivity contribution in [2.75, 3.05) is 6.54 Å². The van der Waals surface area contributed by atoms with Gasteiger partial charge in [0.25, 0.3) is 5.91 Å². The Hall–Kier alpha value is -2.83. The Morgan fingerprint density at radius 1 is 1.12 bits per heavy atom. The smallest absolute Gasteiger partial charge is 0.270 e. The molecule has 1 atom stereocenters. The van der Waals surface area contributed by atoms with Gasteiger partial charge in [0.15, 0.2) is 0 Å². The van der Waals surface area contributed by atoms with Crippen LogP contribution in [0.3, 0.4) is 0 Å². The first-order chi connectivity index (χ1) is 11.5. The van der Waals surface area contributed by atoms with Gasteiger partial charge in [0.2, 0.25) is 5.91 Å². The van der Waals surface area contributed by atoms with Crippen LogP contribution in [0, 0.1) is 11.6 Å². The Balaban J connectivity index is 1.83. The number of carbonyl (C=O) groups is 2. The molecular formula is C17H17F2N3O2. The standard InChI is InChI=1S/C17H17F2N3O2/c1-11(9-12-13(18)5-4-6-14(12)19)22-16(23)10-21-17(24)15-7-2-3-8-20-15/h2-8,11H,9-10H2,1H3,(H,21,24)(H,22,23)/t11-/m1/s1. The van der Waals surface area contributed by atoms with Crippen LogP contribution >= 0.6 is 0 Å². The summed E-state index contributed by atoms with van der Waals surface area (Å²) in [7, 11) is 0. The summed E-state index contributed by atoms with van der Waals surface area (Å²) in [5, 5.41) is 5.01. The largest absolute Gasteiger partial charge is 0.352 e. The summed E-state index contributed by atoms with van der Waals surface area (Å²) in [6.07, 6.45) is 1.48. The molecule has 2 aromatic rings. The van der Waals surface area contributed by atoms with E-state index in [0.717, 1.165) is 0 Å². The zero-order valence-corrected chi connectivity index (χ0v) is 13.1. The van der Waals surface area contributed by atoms with Gasteiger partial charge in [0.1, 0.15) is 17.3 Å². The van der Waals surface area contributed by atoms with E-state index in [1.807, 2.05) is 0 Å². The second kappa shape index (κ2) is 8.14. The first-order valence-electron chi connectivity index (χ1n) is 7.39. The second-order valence-electron chi connectivity index (χ2n) is 5.27. The first kappa shape index (κ1) is 17.5. The van der Waals surface area contributed by atoms with Crippen LogP contribution < -0.4 is 10.6 Å². The van der Waals surface area contributed by atoms with Gasteiger partial charge in [-0.05, 0) is 37.6 Å². The average molecular weight is 333 g/mol. The lowest BCUT2D eigenvalue weighted by Gasteiger charge is -2.15. The predicted molar refractivity (Wildman–Crippen MR) is 84.2 cm³/mol. The SMILES string of the molecule is C[C@H](Cc1c(F)cccc1F)NC(=O)CNC(=O)c1ccccn1. The van der Waals surface area contributed by atoms with Crippen LogP contribution in [-0.4, -0.2) is 29.4 Å². The summed E-state index contributed by atoms with van der Waals surface area (Å²) >= 11 is 0. The van der Waals surface area contributed by atoms with Gasteiger partial charge in [0, 0.05) is 17.8 Å². The topological polar surface area (TPSA) is 71.1 Å². The van der Waals surface area contributed by atoms with Crippen LogP contribution in [0.25, 0.3) is 0 Å². The van der Waals surface area contributed by atoms with Crippen molar-refractivity contribution in [3.8, 4) is 0 Å². The molecule has 0 saturated heterocycles. The summed E-state index contributed by atoms with van der Waals surface area (Å²) in [5.74, 6) is -2.24. The molecule has 0 aliphatic carbocycles. The van der Waals surface area contributed by atoms with E-state index in [0.29, 0.717) is 0 Å². The minimum absolute atomic E-state index is 0.0123. The highest BCUT2D eigenvalue weighted by Crippen LogP contribution is 2.14. The zero-order chi connectivity index (χ0) is 17.5. The average Bonchev–Trinajstić information content (AvgIpc) is 2.57. The fourth-order valence-corrected chi connectivity index (χ4v) is 2.16. The zero-order valence-electron chi connectivity index (χ0n) is 13.1. The molecule has 0 fully saturated rings. The van der Waals surface area contributed by atoms with Crippen molar-refractivity contribution >= 4 is 11.8 Å². The van der Waals surface area contributed by atoms with Gasteiger partial charge in [-0.3, -0.25) is 14.6 Å². The van der Waals surface area contributed by atoms with Gasteiger partial charge in [-0.25, -0.2) is 8.78 Å². The Morgan fingerprint density at radius 3 is 2.46 bits per heavy atom. The molecule has 0 saturated carbocycles. The molecule has 24 heavy (non-hydrogen) atoms. The molecule has 2 N–H and O–H groups in total. The number of halogens is 2. The summed E-state index contributed by atoms with van der Waals surface area (Å²) in [6.45, 7) is 1.38. The van der Waals surface area contributed by atoms with Crippen molar-refractivity contribution in [2.24, 2.45) is 0 Å². The van der Waals surface area contributed by atoms with Gasteiger partial charge in [-0.15, -0.1) is 0 Å². The van der Waals surface area contributed by atoms with E-state index in [-0.39, 0.29) is 24.2 Å². The van der Waals surface area contributed by atoms with Crippen LogP contribution in [0.2, 0.25) is 0 Å². The predicted octanol–water partition coefficient (Wildman–Crippen LogP) is 1.84. The number of rotatable bonds is 6. The Morgan fingerprint density at radius 2 is 1.83 bits per heavy atom. The maximum atomic E-state index is 13.6. The number of amides is 2. The van der Waals surface area contributed by atoms with E-state index in [9.17, 15) is 18.4 Å². The van der Waals surface area contributed by atoms with Crippen molar-refractivity contribution in [2.45, 2.75) is 19.4 Å². The fraction of sp³-hybridized carbons (Fsp3) is 0.235. The summed E-state index contributed by atoms with van der Waals surface area (Å²) in [6, 6.07) is 7.98. The third-order valence-corrected chi connectivity index (χ3v) is 3.29. The number of nitrogens with one attached hydrogen (secondary N) is 2. The minimum Gasteiger partial charge on any atom is -0.352 e. The van der Waals surface area contributed by atoms with E-state index >= 15 is 0 Å². The summed E-state index contributed by atoms with van der Waals surface area (Å²) < 4.78 is 27.1. The summed E-state index contributed by atoms with van der Waals surface area (Å²) in [4.78, 5) is 27.4. The van der Waals surface area contributed by atoms with Crippen molar-refractivity contribution < 1.29 is 18.4 Å². The van der Waals surface area contributed by atoms with Crippen LogP contribution in [0.15, 0.2) is 42.6 Å². The number of benzene rings is 1. The third kappa shape index (κ3) is 4.84. The van der Waals surface area contributed by atoms with E-state index in [1.54, 1.807) is 19.1 Å². The molecule has 0 spiro atoms. The second-order valence-corrected chi connectivity index (χ2v) is 5.27. The number of hydrogen-bond acceptors (Lipinski definition) is 3. The van der Waals surface area contributed by atoms with Crippen LogP contribution in [0.5, 0.6) is 0 Å². The first-order valence-corrected chi connectivity index (χ1v) is 7.39. The number of pyridine rings is 1. The number of nitrogens with zero attached hydrogens (tertiary/aromatic N) is 1. The maximum absolute atomic E-state index is 13.6. The van der Waals surface area contributed by atoms with Gasteiger partial charge in [0.05, 0.1) is 6.54 Å². The number of aromatic nitrogens is 1. The molecule has 1 heterocycles. The summed E-state index contributed by atoms with van der Waals surface area (Å²) in [5.41, 5.74) is 0.120. The molecule has 1 aromatic carbocycles. The monoisotopic (exact) mass is 333 g/mol. The number of carbonyl (C=O) groups excluding carboxylic acids is 2. The molecule has 2 amide bonds. The van der Waals surface area contributed by atoms with Gasteiger partial charge < -0.3 is 10.6 Å². The van der Waals surface area contributed by atoms with E-state index in [4.69, 9.17) is 0 Å². The Kier molecular flexibility index (Phi) is 5.95. The van der Waals surface area contributed by atoms with E-state index in [1.165, 1.54) is 30.5 Å². The molecular weight excluding hydrogens is 316 g/mol. The van der Waals surface area contributed by atoms with Crippen molar-refractivity contribution in [1.82, 2.24) is 15.6 Å². The number of hydrogen-bond donors (Lipinski definition) is 2. The van der Waals surface area contributed by atoms with Crippen LogP contribution in [-0.2, 0) is 11.2 Å². The van der Waals surface area contributed by atoms with Gasteiger partial charge in [-0.1, -0.05) is 12.1 Å². The quantitative estimate of drug-likeness (QED) is 0.847. The van der Waals surface area contributed by atoms with Crippen LogP contribution in [0.4, 0.5) is 8.78 Å². The molecule has 7 heteroatoms. The lowest BCUT2D eigenvalue weighted by atomic mass is 10.1. The third-order valence-electron chi connectivity index (χ3n) is 3.29. The van der Waals surface area contributed by atoms with Gasteiger partial charge in [-0.2, -0.15) is 0 Å². The molecule has 0 unspecified atom stereocenters. The Labute approximate surface area is 138 Å². The molecule has 2 rings (SSSR count). The minimum atomic E-state index is -0.653. The Bertz CT molecular complexity index is 703. The molecule has 0 bridgehead atoms. The van der Waals surface area contributed by atoms with Crippen molar-refractivity contribution in [3.63, 3.8) is 0 Å². The highest BCUT2D eigenvalue weighted by Gasteiger charge is 2.15. The van der Waals surface area contributed by atoms with E-state index < -0.39 is 29.5 Å². The highest BCUT2D eigenvalue weighted by atomic mass is 19.1. The molecule has 0 radical (unpaired) electrons. The normalized spacial score (nSPS) is 11.6. The van der Waals surface area contributed by atoms with Crippen molar-refractivity contribution in [3.05, 3.63) is 65.5 Å². The maximum Gasteiger partial charge on any atom is 0.270 e. The highest BCUT2D eigenvalue weighted by molar-refractivity contribution is 5.94. The van der Waals surface area contributed by atoms with Crippen LogP contribution in [0.1, 0.15) is 23.0 Å². The lowest BCUT2D eigenvalue weighted by molar-refractivity contribution is -0.120. The molecule has 5 nitrogen and oxygen atoms in total. The van der Waals surface area contributed by atoms with Gasteiger partial charge >= 0.3 is 0 Å². The fourth-order valence-electron chi connectivity index (χ4n) is 2.16. The lowest BCUT2D eigenvalue weighted by Crippen LogP contribution is -2.42. The molecule has 126 valence electrons. The van der Waals surface area contributed by atoms with E-state index in [2.05, 4.69) is 15.6 Å². The molecule has 1 aromatic heterocycles. The van der Waals surface area contributed by atoms with Crippen molar-refractivity contribution in [1.29, 1.82) is 0 Å². The molecule has 0 aliphatic heterocycles.